The summed E-state index contributed by atoms with van der Waals surface area (Å²) < 4.78 is 36.3. The molecule has 0 bridgehead atoms. The predicted molar refractivity (Wildman–Crippen MR) is 133 cm³/mol. The van der Waals surface area contributed by atoms with Crippen molar-refractivity contribution in [3.8, 4) is 23.0 Å². The Hall–Kier alpha value is -2.79. The van der Waals surface area contributed by atoms with Crippen molar-refractivity contribution in [1.82, 2.24) is 0 Å². The molecule has 0 radical (unpaired) electrons. The van der Waals surface area contributed by atoms with Gasteiger partial charge in [-0.15, -0.1) is 0 Å². The number of ether oxygens (including phenoxy) is 4. The first-order valence-electron chi connectivity index (χ1n) is 11.1. The molecule has 0 saturated carbocycles. The van der Waals surface area contributed by atoms with Crippen molar-refractivity contribution in [2.24, 2.45) is 11.3 Å². The maximum atomic E-state index is 14.8. The molecule has 186 valence electrons. The second-order valence-electron chi connectivity index (χ2n) is 9.35. The molecule has 0 N–H and O–H groups in total. The Morgan fingerprint density at radius 2 is 1.09 bits per heavy atom. The SMILES string of the molecule is COc1cccc(OC)c1C(=O)P(=O)(CC(C)(C)CC(C)C)C(=O)c1c(OC)cccc1OC. The van der Waals surface area contributed by atoms with E-state index in [9.17, 15) is 14.2 Å². The van der Waals surface area contributed by atoms with Gasteiger partial charge in [0.15, 0.2) is 0 Å². The van der Waals surface area contributed by atoms with Crippen LogP contribution in [0.5, 0.6) is 23.0 Å². The van der Waals surface area contributed by atoms with E-state index in [2.05, 4.69) is 0 Å². The van der Waals surface area contributed by atoms with Crippen LogP contribution in [0.15, 0.2) is 36.4 Å². The zero-order chi connectivity index (χ0) is 25.7. The van der Waals surface area contributed by atoms with Gasteiger partial charge in [0.05, 0.1) is 28.4 Å². The first-order chi connectivity index (χ1) is 16.0. The molecule has 0 unspecified atom stereocenters. The summed E-state index contributed by atoms with van der Waals surface area (Å²) in [6.07, 6.45) is 0.544. The molecule has 0 aliphatic rings. The van der Waals surface area contributed by atoms with E-state index < -0.39 is 23.6 Å². The van der Waals surface area contributed by atoms with Gasteiger partial charge in [0, 0.05) is 6.16 Å². The third kappa shape index (κ3) is 5.64. The zero-order valence-corrected chi connectivity index (χ0v) is 22.2. The molecule has 0 heterocycles. The molecule has 34 heavy (non-hydrogen) atoms. The average molecular weight is 491 g/mol. The van der Waals surface area contributed by atoms with Crippen molar-refractivity contribution >= 4 is 18.2 Å². The summed E-state index contributed by atoms with van der Waals surface area (Å²) in [6, 6.07) is 9.63. The van der Waals surface area contributed by atoms with Crippen molar-refractivity contribution in [3.63, 3.8) is 0 Å². The molecule has 0 spiro atoms. The molecule has 8 heteroatoms. The molecule has 0 atom stereocenters. The average Bonchev–Trinajstić information content (AvgIpc) is 2.80. The lowest BCUT2D eigenvalue weighted by Gasteiger charge is -2.31. The largest absolute Gasteiger partial charge is 0.496 e. The Balaban J connectivity index is 2.82. The zero-order valence-electron chi connectivity index (χ0n) is 21.3. The summed E-state index contributed by atoms with van der Waals surface area (Å²) in [7, 11) is 1.35. The van der Waals surface area contributed by atoms with Crippen molar-refractivity contribution in [2.45, 2.75) is 34.1 Å². The van der Waals surface area contributed by atoms with E-state index >= 15 is 0 Å². The summed E-state index contributed by atoms with van der Waals surface area (Å²) in [5, 5.41) is 0. The lowest BCUT2D eigenvalue weighted by molar-refractivity contribution is 0.102. The van der Waals surface area contributed by atoms with Crippen LogP contribution in [0.2, 0.25) is 0 Å². The van der Waals surface area contributed by atoms with Gasteiger partial charge in [-0.1, -0.05) is 39.8 Å². The van der Waals surface area contributed by atoms with E-state index in [1.165, 1.54) is 28.4 Å². The van der Waals surface area contributed by atoms with E-state index in [0.29, 0.717) is 6.42 Å². The smallest absolute Gasteiger partial charge is 0.236 e. The van der Waals surface area contributed by atoms with Crippen LogP contribution in [0, 0.1) is 11.3 Å². The highest BCUT2D eigenvalue weighted by Crippen LogP contribution is 2.59. The quantitative estimate of drug-likeness (QED) is 0.330. The fraction of sp³-hybridized carbons (Fsp3) is 0.462. The third-order valence-electron chi connectivity index (χ3n) is 5.55. The van der Waals surface area contributed by atoms with E-state index in [-0.39, 0.29) is 46.2 Å². The maximum Gasteiger partial charge on any atom is 0.236 e. The van der Waals surface area contributed by atoms with Gasteiger partial charge in [0.25, 0.3) is 0 Å². The number of rotatable bonds is 12. The molecule has 0 aromatic heterocycles. The van der Waals surface area contributed by atoms with Gasteiger partial charge in [-0.3, -0.25) is 9.59 Å². The summed E-state index contributed by atoms with van der Waals surface area (Å²) in [5.41, 5.74) is -2.22. The topological polar surface area (TPSA) is 88.1 Å². The van der Waals surface area contributed by atoms with Gasteiger partial charge in [0.2, 0.25) is 18.2 Å². The van der Waals surface area contributed by atoms with Crippen LogP contribution in [-0.4, -0.2) is 45.6 Å². The fourth-order valence-corrected chi connectivity index (χ4v) is 7.46. The summed E-state index contributed by atoms with van der Waals surface area (Å²) in [5.74, 6) is 1.02. The molecule has 0 amide bonds. The van der Waals surface area contributed by atoms with Crippen LogP contribution < -0.4 is 18.9 Å². The number of carbonyl (C=O) groups excluding carboxylic acids is 2. The summed E-state index contributed by atoms with van der Waals surface area (Å²) in [6.45, 7) is 7.92. The lowest BCUT2D eigenvalue weighted by Crippen LogP contribution is -2.26. The van der Waals surface area contributed by atoms with E-state index in [4.69, 9.17) is 18.9 Å². The van der Waals surface area contributed by atoms with Crippen molar-refractivity contribution in [3.05, 3.63) is 47.5 Å². The Morgan fingerprint density at radius 3 is 1.35 bits per heavy atom. The van der Waals surface area contributed by atoms with Gasteiger partial charge in [-0.05, 0) is 42.0 Å². The molecular formula is C26H35O7P. The van der Waals surface area contributed by atoms with Crippen LogP contribution in [0.1, 0.15) is 54.8 Å². The van der Waals surface area contributed by atoms with Gasteiger partial charge >= 0.3 is 0 Å². The maximum absolute atomic E-state index is 14.8. The molecule has 0 aliphatic heterocycles. The second-order valence-corrected chi connectivity index (χ2v) is 12.0. The van der Waals surface area contributed by atoms with Gasteiger partial charge < -0.3 is 23.5 Å². The van der Waals surface area contributed by atoms with Crippen molar-refractivity contribution in [2.75, 3.05) is 34.6 Å². The molecule has 0 saturated heterocycles. The van der Waals surface area contributed by atoms with E-state index in [1.807, 2.05) is 27.7 Å². The standard InChI is InChI=1S/C26H35O7P/c1-17(2)15-26(3,4)16-34(29,24(27)22-18(30-5)11-9-12-19(22)31-6)25(28)23-20(32-7)13-10-14-21(23)33-8/h9-14,17H,15-16H2,1-8H3. The molecule has 2 aromatic carbocycles. The van der Waals surface area contributed by atoms with Crippen LogP contribution in [0.3, 0.4) is 0 Å². The first kappa shape index (κ1) is 27.5. The van der Waals surface area contributed by atoms with Gasteiger partial charge in [-0.2, -0.15) is 0 Å². The molecular weight excluding hydrogens is 455 g/mol. The van der Waals surface area contributed by atoms with Gasteiger partial charge in [-0.25, -0.2) is 0 Å². The van der Waals surface area contributed by atoms with Crippen LogP contribution >= 0.6 is 7.14 Å². The minimum atomic E-state index is -4.28. The van der Waals surface area contributed by atoms with Gasteiger partial charge in [0.1, 0.15) is 34.1 Å². The molecule has 2 rings (SSSR count). The third-order valence-corrected chi connectivity index (χ3v) is 8.61. The molecule has 0 aliphatic carbocycles. The first-order valence-corrected chi connectivity index (χ1v) is 13.0. The Kier molecular flexibility index (Phi) is 8.96. The highest BCUT2D eigenvalue weighted by atomic mass is 31.2. The van der Waals surface area contributed by atoms with Crippen LogP contribution in [0.25, 0.3) is 0 Å². The number of benzene rings is 2. The Bertz CT molecular complexity index is 973. The predicted octanol–water partition coefficient (Wildman–Crippen LogP) is 6.14. The van der Waals surface area contributed by atoms with Crippen LogP contribution in [0.4, 0.5) is 0 Å². The fourth-order valence-electron chi connectivity index (χ4n) is 4.49. The van der Waals surface area contributed by atoms with Crippen LogP contribution in [-0.2, 0) is 4.57 Å². The number of carbonyl (C=O) groups is 2. The number of hydrogen-bond donors (Lipinski definition) is 0. The number of methoxy groups -OCH3 is 4. The minimum absolute atomic E-state index is 0.0154. The molecule has 2 aromatic rings. The monoisotopic (exact) mass is 490 g/mol. The Morgan fingerprint density at radius 1 is 0.765 bits per heavy atom. The second kappa shape index (κ2) is 11.1. The minimum Gasteiger partial charge on any atom is -0.496 e. The normalized spacial score (nSPS) is 11.8. The number of hydrogen-bond acceptors (Lipinski definition) is 7. The molecule has 7 nitrogen and oxygen atoms in total. The Labute approximate surface area is 202 Å². The summed E-state index contributed by atoms with van der Waals surface area (Å²) >= 11 is 0. The summed E-state index contributed by atoms with van der Waals surface area (Å²) in [4.78, 5) is 28.2. The van der Waals surface area contributed by atoms with E-state index in [1.54, 1.807) is 36.4 Å². The lowest BCUT2D eigenvalue weighted by atomic mass is 9.86. The highest BCUT2D eigenvalue weighted by Gasteiger charge is 2.48. The van der Waals surface area contributed by atoms with Crippen molar-refractivity contribution in [1.29, 1.82) is 0 Å². The molecule has 0 fully saturated rings. The van der Waals surface area contributed by atoms with Crippen molar-refractivity contribution < 1.29 is 33.1 Å². The van der Waals surface area contributed by atoms with E-state index in [0.717, 1.165) is 0 Å². The highest BCUT2D eigenvalue weighted by molar-refractivity contribution is 7.95.